The summed E-state index contributed by atoms with van der Waals surface area (Å²) >= 11 is 0. The molecule has 2 N–H and O–H groups in total. The number of para-hydroxylation sites is 1. The van der Waals surface area contributed by atoms with Gasteiger partial charge < -0.3 is 14.8 Å². The lowest BCUT2D eigenvalue weighted by Gasteiger charge is -2.04. The molecule has 6 heteroatoms. The van der Waals surface area contributed by atoms with E-state index in [2.05, 4.69) is 15.5 Å². The lowest BCUT2D eigenvalue weighted by molar-refractivity contribution is -0.117. The quantitative estimate of drug-likeness (QED) is 0.572. The minimum atomic E-state index is -0.641. The Morgan fingerprint density at radius 2 is 1.96 bits per heavy atom. The van der Waals surface area contributed by atoms with Gasteiger partial charge in [-0.05, 0) is 26.8 Å². The van der Waals surface area contributed by atoms with Crippen molar-refractivity contribution in [3.63, 3.8) is 0 Å². The Hall–Kier alpha value is -2.89. The van der Waals surface area contributed by atoms with Crippen LogP contribution in [-0.4, -0.2) is 21.8 Å². The van der Waals surface area contributed by atoms with Gasteiger partial charge in [-0.25, -0.2) is 0 Å². The summed E-state index contributed by atoms with van der Waals surface area (Å²) in [4.78, 5) is 27.9. The highest BCUT2D eigenvalue weighted by atomic mass is 16.5. The Kier molecular flexibility index (Phi) is 3.73. The maximum atomic E-state index is 12.5. The van der Waals surface area contributed by atoms with E-state index >= 15 is 0 Å². The van der Waals surface area contributed by atoms with E-state index in [1.807, 2.05) is 24.3 Å². The number of benzene rings is 1. The van der Waals surface area contributed by atoms with Crippen molar-refractivity contribution in [2.75, 3.05) is 0 Å². The molecule has 118 valence electrons. The van der Waals surface area contributed by atoms with Crippen LogP contribution < -0.4 is 5.32 Å². The number of H-pyrrole nitrogens is 1. The molecular formula is C17H17N3O3. The van der Waals surface area contributed by atoms with Crippen molar-refractivity contribution in [1.82, 2.24) is 15.5 Å². The number of carbonyl (C=O) groups excluding carboxylic acids is 2. The van der Waals surface area contributed by atoms with Crippen molar-refractivity contribution >= 4 is 22.6 Å². The highest BCUT2D eigenvalue weighted by Crippen LogP contribution is 2.22. The summed E-state index contributed by atoms with van der Waals surface area (Å²) in [6.45, 7) is 5.57. The van der Waals surface area contributed by atoms with E-state index in [-0.39, 0.29) is 6.54 Å². The maximum absolute atomic E-state index is 12.5. The third kappa shape index (κ3) is 2.63. The van der Waals surface area contributed by atoms with Crippen LogP contribution >= 0.6 is 0 Å². The van der Waals surface area contributed by atoms with E-state index in [0.29, 0.717) is 22.7 Å². The van der Waals surface area contributed by atoms with E-state index in [1.54, 1.807) is 20.8 Å². The smallest absolute Gasteiger partial charge is 0.292 e. The maximum Gasteiger partial charge on any atom is 0.292 e. The van der Waals surface area contributed by atoms with E-state index in [4.69, 9.17) is 4.52 Å². The molecule has 0 saturated heterocycles. The third-order valence-electron chi connectivity index (χ3n) is 3.93. The van der Waals surface area contributed by atoms with Gasteiger partial charge in [-0.2, -0.15) is 0 Å². The number of rotatable bonds is 4. The van der Waals surface area contributed by atoms with Crippen molar-refractivity contribution in [3.05, 3.63) is 52.5 Å². The lowest BCUT2D eigenvalue weighted by Crippen LogP contribution is -2.31. The summed E-state index contributed by atoms with van der Waals surface area (Å²) in [5.74, 6) is -0.553. The molecule has 0 spiro atoms. The summed E-state index contributed by atoms with van der Waals surface area (Å²) in [6.07, 6.45) is 0. The third-order valence-corrected chi connectivity index (χ3v) is 3.93. The summed E-state index contributed by atoms with van der Waals surface area (Å²) in [7, 11) is 0. The summed E-state index contributed by atoms with van der Waals surface area (Å²) in [5, 5.41) is 7.22. The van der Waals surface area contributed by atoms with Crippen LogP contribution in [0, 0.1) is 20.8 Å². The molecule has 0 aliphatic carbocycles. The fourth-order valence-corrected chi connectivity index (χ4v) is 2.69. The zero-order valence-corrected chi connectivity index (χ0v) is 13.2. The van der Waals surface area contributed by atoms with Crippen LogP contribution in [0.1, 0.15) is 33.1 Å². The fraction of sp³-hybridized carbons (Fsp3) is 0.235. The highest BCUT2D eigenvalue weighted by molar-refractivity contribution is 6.45. The molecule has 0 saturated carbocycles. The van der Waals surface area contributed by atoms with Gasteiger partial charge in [-0.1, -0.05) is 23.4 Å². The number of aromatic nitrogens is 2. The van der Waals surface area contributed by atoms with Crippen LogP contribution in [0.5, 0.6) is 0 Å². The monoisotopic (exact) mass is 311 g/mol. The molecule has 0 bridgehead atoms. The molecule has 3 aromatic rings. The van der Waals surface area contributed by atoms with E-state index in [0.717, 1.165) is 16.5 Å². The van der Waals surface area contributed by atoms with E-state index in [9.17, 15) is 9.59 Å². The molecule has 0 atom stereocenters. The molecule has 3 rings (SSSR count). The minimum absolute atomic E-state index is 0.215. The molecular weight excluding hydrogens is 294 g/mol. The largest absolute Gasteiger partial charge is 0.361 e. The van der Waals surface area contributed by atoms with Crippen LogP contribution in [0.2, 0.25) is 0 Å². The molecule has 0 aliphatic rings. The van der Waals surface area contributed by atoms with Crippen molar-refractivity contribution in [1.29, 1.82) is 0 Å². The molecule has 0 fully saturated rings. The van der Waals surface area contributed by atoms with Gasteiger partial charge in [0, 0.05) is 28.7 Å². The fourth-order valence-electron chi connectivity index (χ4n) is 2.69. The Bertz CT molecular complexity index is 886. The lowest BCUT2D eigenvalue weighted by atomic mass is 10.1. The number of ketones is 1. The number of Topliss-reactive ketones (excluding diaryl/α,β-unsaturated/α-hetero) is 1. The van der Waals surface area contributed by atoms with Gasteiger partial charge in [0.1, 0.15) is 5.76 Å². The molecule has 23 heavy (non-hydrogen) atoms. The van der Waals surface area contributed by atoms with Crippen LogP contribution in [-0.2, 0) is 11.3 Å². The molecule has 6 nitrogen and oxygen atoms in total. The van der Waals surface area contributed by atoms with Crippen LogP contribution in [0.4, 0.5) is 0 Å². The molecule has 2 aromatic heterocycles. The zero-order valence-electron chi connectivity index (χ0n) is 13.2. The second kappa shape index (κ2) is 5.72. The Morgan fingerprint density at radius 1 is 1.22 bits per heavy atom. The first-order valence-corrected chi connectivity index (χ1v) is 7.30. The SMILES string of the molecule is Cc1noc(C)c1CNC(=O)C(=O)c1c(C)[nH]c2ccccc12. The number of amides is 1. The average Bonchev–Trinajstić information content (AvgIpc) is 3.03. The van der Waals surface area contributed by atoms with Gasteiger partial charge in [0.15, 0.2) is 0 Å². The molecule has 0 radical (unpaired) electrons. The Balaban J connectivity index is 1.82. The number of aryl methyl sites for hydroxylation is 3. The average molecular weight is 311 g/mol. The molecule has 2 heterocycles. The highest BCUT2D eigenvalue weighted by Gasteiger charge is 2.23. The number of nitrogens with zero attached hydrogens (tertiary/aromatic N) is 1. The van der Waals surface area contributed by atoms with Crippen molar-refractivity contribution < 1.29 is 14.1 Å². The van der Waals surface area contributed by atoms with Crippen molar-refractivity contribution in [2.45, 2.75) is 27.3 Å². The normalized spacial score (nSPS) is 10.9. The number of fused-ring (bicyclic) bond motifs is 1. The second-order valence-electron chi connectivity index (χ2n) is 5.49. The predicted molar refractivity (Wildman–Crippen MR) is 85.2 cm³/mol. The van der Waals surface area contributed by atoms with Crippen LogP contribution in [0.15, 0.2) is 28.8 Å². The van der Waals surface area contributed by atoms with Gasteiger partial charge in [-0.15, -0.1) is 0 Å². The van der Waals surface area contributed by atoms with Gasteiger partial charge >= 0.3 is 0 Å². The van der Waals surface area contributed by atoms with Gasteiger partial charge in [0.25, 0.3) is 11.7 Å². The minimum Gasteiger partial charge on any atom is -0.361 e. The second-order valence-corrected chi connectivity index (χ2v) is 5.49. The summed E-state index contributed by atoms with van der Waals surface area (Å²) in [5.41, 5.74) is 3.44. The number of nitrogens with one attached hydrogen (secondary N) is 2. The van der Waals surface area contributed by atoms with Gasteiger partial charge in [0.2, 0.25) is 0 Å². The Morgan fingerprint density at radius 3 is 2.65 bits per heavy atom. The predicted octanol–water partition coefficient (Wildman–Crippen LogP) is 2.58. The van der Waals surface area contributed by atoms with E-state index < -0.39 is 11.7 Å². The number of hydrogen-bond donors (Lipinski definition) is 2. The van der Waals surface area contributed by atoms with Gasteiger partial charge in [-0.3, -0.25) is 9.59 Å². The molecule has 0 aliphatic heterocycles. The van der Waals surface area contributed by atoms with Crippen LogP contribution in [0.3, 0.4) is 0 Å². The molecule has 0 unspecified atom stereocenters. The molecule has 1 aromatic carbocycles. The molecule has 1 amide bonds. The number of carbonyl (C=O) groups is 2. The van der Waals surface area contributed by atoms with Crippen molar-refractivity contribution in [2.24, 2.45) is 0 Å². The topological polar surface area (TPSA) is 88.0 Å². The summed E-state index contributed by atoms with van der Waals surface area (Å²) < 4.78 is 5.05. The first-order valence-electron chi connectivity index (χ1n) is 7.30. The van der Waals surface area contributed by atoms with Crippen molar-refractivity contribution in [3.8, 4) is 0 Å². The van der Waals surface area contributed by atoms with Gasteiger partial charge in [0.05, 0.1) is 11.3 Å². The number of aromatic amines is 1. The standard InChI is InChI=1S/C17H17N3O3/c1-9-13(11(3)23-20-9)8-18-17(22)16(21)15-10(2)19-14-7-5-4-6-12(14)15/h4-7,19H,8H2,1-3H3,(H,18,22). The first kappa shape index (κ1) is 15.0. The summed E-state index contributed by atoms with van der Waals surface area (Å²) in [6, 6.07) is 7.42. The Labute approximate surface area is 132 Å². The zero-order chi connectivity index (χ0) is 16.6. The number of hydrogen-bond acceptors (Lipinski definition) is 4. The van der Waals surface area contributed by atoms with Crippen LogP contribution in [0.25, 0.3) is 10.9 Å². The first-order chi connectivity index (χ1) is 11.0. The van der Waals surface area contributed by atoms with E-state index in [1.165, 1.54) is 0 Å².